The molecule has 33 heavy (non-hydrogen) atoms. The van der Waals surface area contributed by atoms with E-state index in [0.717, 1.165) is 0 Å². The molecule has 9 heteroatoms. The van der Waals surface area contributed by atoms with Crippen LogP contribution in [-0.2, 0) is 0 Å². The lowest BCUT2D eigenvalue weighted by Crippen LogP contribution is -2.18. The van der Waals surface area contributed by atoms with E-state index in [4.69, 9.17) is 37.4 Å². The number of hydrogen-bond acceptors (Lipinski definition) is 6. The number of esters is 1. The second-order valence-electron chi connectivity index (χ2n) is 6.55. The summed E-state index contributed by atoms with van der Waals surface area (Å²) in [5.41, 5.74) is 3.61. The highest BCUT2D eigenvalue weighted by Crippen LogP contribution is 2.30. The highest BCUT2D eigenvalue weighted by Gasteiger charge is 2.16. The molecule has 170 valence electrons. The maximum absolute atomic E-state index is 12.5. The summed E-state index contributed by atoms with van der Waals surface area (Å²) < 4.78 is 16.2. The molecule has 7 nitrogen and oxygen atoms in total. The molecular formula is C24H20Cl2N2O5. The Kier molecular flexibility index (Phi) is 8.29. The zero-order valence-corrected chi connectivity index (χ0v) is 19.3. The summed E-state index contributed by atoms with van der Waals surface area (Å²) in [4.78, 5) is 24.9. The van der Waals surface area contributed by atoms with Gasteiger partial charge in [-0.2, -0.15) is 5.10 Å². The first-order chi connectivity index (χ1) is 15.9. The molecule has 0 aliphatic rings. The number of nitrogens with zero attached hydrogens (tertiary/aromatic N) is 1. The van der Waals surface area contributed by atoms with Crippen LogP contribution in [0.5, 0.6) is 17.2 Å². The van der Waals surface area contributed by atoms with Crippen molar-refractivity contribution in [3.05, 3.63) is 87.4 Å². The van der Waals surface area contributed by atoms with Gasteiger partial charge in [-0.05, 0) is 61.0 Å². The molecule has 0 heterocycles. The Morgan fingerprint density at radius 1 is 0.970 bits per heavy atom. The molecule has 3 rings (SSSR count). The van der Waals surface area contributed by atoms with Gasteiger partial charge in [0.15, 0.2) is 11.5 Å². The lowest BCUT2D eigenvalue weighted by molar-refractivity contribution is 0.0729. The molecule has 0 aromatic heterocycles. The number of carbonyl (C=O) groups excluding carboxylic acids is 2. The molecule has 0 saturated heterocycles. The quantitative estimate of drug-likeness (QED) is 0.200. The van der Waals surface area contributed by atoms with Crippen LogP contribution >= 0.6 is 23.2 Å². The second kappa shape index (κ2) is 11.4. The largest absolute Gasteiger partial charge is 0.493 e. The van der Waals surface area contributed by atoms with Crippen LogP contribution < -0.4 is 19.6 Å². The van der Waals surface area contributed by atoms with Gasteiger partial charge in [0.2, 0.25) is 0 Å². The summed E-state index contributed by atoms with van der Waals surface area (Å²) in [5.74, 6) is -0.101. The van der Waals surface area contributed by atoms with Crippen LogP contribution in [0.15, 0.2) is 65.8 Å². The SMILES string of the molecule is CCOc1ccccc1C(=O)NN=Cc1ccc(OC(=O)c2ccc(Cl)cc2Cl)c(OC)c1. The number of benzene rings is 3. The van der Waals surface area contributed by atoms with Gasteiger partial charge in [0.05, 0.1) is 36.1 Å². The third-order valence-corrected chi connectivity index (χ3v) is 4.90. The van der Waals surface area contributed by atoms with Crippen LogP contribution in [0.3, 0.4) is 0 Å². The molecular weight excluding hydrogens is 467 g/mol. The number of methoxy groups -OCH3 is 1. The predicted molar refractivity (Wildman–Crippen MR) is 127 cm³/mol. The van der Waals surface area contributed by atoms with Gasteiger partial charge < -0.3 is 14.2 Å². The summed E-state index contributed by atoms with van der Waals surface area (Å²) in [7, 11) is 1.44. The van der Waals surface area contributed by atoms with Gasteiger partial charge in [0.25, 0.3) is 5.91 Å². The van der Waals surface area contributed by atoms with Crippen LogP contribution in [0.4, 0.5) is 0 Å². The zero-order chi connectivity index (χ0) is 23.8. The molecule has 0 saturated carbocycles. The van der Waals surface area contributed by atoms with Crippen molar-refractivity contribution in [2.45, 2.75) is 6.92 Å². The first-order valence-electron chi connectivity index (χ1n) is 9.83. The first-order valence-corrected chi connectivity index (χ1v) is 10.6. The summed E-state index contributed by atoms with van der Waals surface area (Å²) >= 11 is 11.9. The molecule has 1 N–H and O–H groups in total. The van der Waals surface area contributed by atoms with Crippen molar-refractivity contribution in [2.24, 2.45) is 5.10 Å². The van der Waals surface area contributed by atoms with E-state index in [-0.39, 0.29) is 16.3 Å². The number of hydrazone groups is 1. The van der Waals surface area contributed by atoms with Crippen molar-refractivity contribution in [3.63, 3.8) is 0 Å². The van der Waals surface area contributed by atoms with Crippen LogP contribution in [0.25, 0.3) is 0 Å². The lowest BCUT2D eigenvalue weighted by atomic mass is 10.2. The molecule has 0 aliphatic carbocycles. The van der Waals surface area contributed by atoms with Gasteiger partial charge in [-0.15, -0.1) is 0 Å². The molecule has 0 atom stereocenters. The van der Waals surface area contributed by atoms with Gasteiger partial charge >= 0.3 is 5.97 Å². The number of rotatable bonds is 8. The molecule has 3 aromatic rings. The maximum Gasteiger partial charge on any atom is 0.345 e. The molecule has 1 amide bonds. The van der Waals surface area contributed by atoms with Gasteiger partial charge in [0.1, 0.15) is 5.75 Å². The summed E-state index contributed by atoms with van der Waals surface area (Å²) in [6, 6.07) is 16.2. The number of ether oxygens (including phenoxy) is 3. The summed E-state index contributed by atoms with van der Waals surface area (Å²) in [5, 5.41) is 4.57. The van der Waals surface area contributed by atoms with E-state index in [1.807, 2.05) is 6.92 Å². The third kappa shape index (κ3) is 6.25. The fourth-order valence-corrected chi connectivity index (χ4v) is 3.31. The van der Waals surface area contributed by atoms with Gasteiger partial charge in [-0.25, -0.2) is 10.2 Å². The number of nitrogens with one attached hydrogen (secondary N) is 1. The topological polar surface area (TPSA) is 86.2 Å². The average molecular weight is 487 g/mol. The van der Waals surface area contributed by atoms with Crippen molar-refractivity contribution in [1.82, 2.24) is 5.43 Å². The average Bonchev–Trinajstić information content (AvgIpc) is 2.80. The maximum atomic E-state index is 12.5. The summed E-state index contributed by atoms with van der Waals surface area (Å²) in [6.45, 7) is 2.28. The second-order valence-corrected chi connectivity index (χ2v) is 7.40. The van der Waals surface area contributed by atoms with E-state index in [2.05, 4.69) is 10.5 Å². The third-order valence-electron chi connectivity index (χ3n) is 4.35. The Morgan fingerprint density at radius 3 is 2.48 bits per heavy atom. The van der Waals surface area contributed by atoms with Crippen LogP contribution in [0.2, 0.25) is 10.0 Å². The Balaban J connectivity index is 1.70. The van der Waals surface area contributed by atoms with Gasteiger partial charge in [0, 0.05) is 5.02 Å². The number of para-hydroxylation sites is 1. The fourth-order valence-electron chi connectivity index (χ4n) is 2.82. The Hall–Kier alpha value is -3.55. The minimum Gasteiger partial charge on any atom is -0.493 e. The van der Waals surface area contributed by atoms with Crippen LogP contribution in [-0.4, -0.2) is 31.8 Å². The fraction of sp³-hybridized carbons (Fsp3) is 0.125. The van der Waals surface area contributed by atoms with Crippen molar-refractivity contribution in [2.75, 3.05) is 13.7 Å². The van der Waals surface area contributed by atoms with Crippen molar-refractivity contribution >= 4 is 41.3 Å². The van der Waals surface area contributed by atoms with E-state index in [9.17, 15) is 9.59 Å². The Morgan fingerprint density at radius 2 is 1.76 bits per heavy atom. The molecule has 0 spiro atoms. The monoisotopic (exact) mass is 486 g/mol. The summed E-state index contributed by atoms with van der Waals surface area (Å²) in [6.07, 6.45) is 1.44. The number of amides is 1. The number of halogens is 2. The van der Waals surface area contributed by atoms with Crippen molar-refractivity contribution in [1.29, 1.82) is 0 Å². The predicted octanol–water partition coefficient (Wildman–Crippen LogP) is 5.38. The molecule has 0 fully saturated rings. The van der Waals surface area contributed by atoms with Gasteiger partial charge in [-0.3, -0.25) is 4.79 Å². The lowest BCUT2D eigenvalue weighted by Gasteiger charge is -2.11. The Bertz CT molecular complexity index is 1200. The minimum atomic E-state index is -0.656. The van der Waals surface area contributed by atoms with Crippen LogP contribution in [0, 0.1) is 0 Å². The molecule has 0 radical (unpaired) electrons. The Labute approximate surface area is 200 Å². The molecule has 0 aliphatic heterocycles. The van der Waals surface area contributed by atoms with Crippen LogP contribution in [0.1, 0.15) is 33.2 Å². The zero-order valence-electron chi connectivity index (χ0n) is 17.8. The van der Waals surface area contributed by atoms with Crippen molar-refractivity contribution in [3.8, 4) is 17.2 Å². The normalized spacial score (nSPS) is 10.7. The standard InChI is InChI=1S/C24H20Cl2N2O5/c1-3-32-20-7-5-4-6-18(20)23(29)28-27-14-15-8-11-21(22(12-15)31-2)33-24(30)17-10-9-16(25)13-19(17)26/h4-14H,3H2,1-2H3,(H,28,29). The number of carbonyl (C=O) groups is 2. The van der Waals surface area contributed by atoms with E-state index in [0.29, 0.717) is 34.3 Å². The molecule has 3 aromatic carbocycles. The smallest absolute Gasteiger partial charge is 0.345 e. The highest BCUT2D eigenvalue weighted by molar-refractivity contribution is 6.36. The van der Waals surface area contributed by atoms with E-state index in [1.54, 1.807) is 48.5 Å². The van der Waals surface area contributed by atoms with E-state index >= 15 is 0 Å². The highest BCUT2D eigenvalue weighted by atomic mass is 35.5. The number of hydrogen-bond donors (Lipinski definition) is 1. The van der Waals surface area contributed by atoms with E-state index < -0.39 is 11.9 Å². The van der Waals surface area contributed by atoms with E-state index in [1.165, 1.54) is 25.5 Å². The van der Waals surface area contributed by atoms with Crippen molar-refractivity contribution < 1.29 is 23.8 Å². The van der Waals surface area contributed by atoms with Gasteiger partial charge in [-0.1, -0.05) is 35.3 Å². The molecule has 0 bridgehead atoms. The first kappa shape index (κ1) is 24.1. The molecule has 0 unspecified atom stereocenters. The minimum absolute atomic E-state index is 0.170.